The maximum Gasteiger partial charge on any atom is 0.248 e. The number of nitrogens with one attached hydrogen (secondary N) is 2. The summed E-state index contributed by atoms with van der Waals surface area (Å²) in [5.41, 5.74) is 0. The minimum Gasteiger partial charge on any atom is -0.306 e. The van der Waals surface area contributed by atoms with Crippen LogP contribution in [0.3, 0.4) is 0 Å². The van der Waals surface area contributed by atoms with Crippen molar-refractivity contribution in [3.05, 3.63) is 6.20 Å². The molecule has 1 aromatic rings. The van der Waals surface area contributed by atoms with Crippen LogP contribution in [0.5, 0.6) is 0 Å². The Morgan fingerprint density at radius 3 is 3.00 bits per heavy atom. The molecule has 1 amide bonds. The first-order valence-electron chi connectivity index (χ1n) is 3.76. The molecular weight excluding hydrogens is 208 g/mol. The molecule has 13 heavy (non-hydrogen) atoms. The van der Waals surface area contributed by atoms with Crippen molar-refractivity contribution in [1.29, 1.82) is 0 Å². The average molecular weight is 216 g/mol. The molecule has 0 unspecified atom stereocenters. The highest BCUT2D eigenvalue weighted by Crippen LogP contribution is 2.32. The Hall–Kier alpha value is -0.690. The van der Waals surface area contributed by atoms with Crippen LogP contribution in [0.2, 0.25) is 0 Å². The Balaban J connectivity index is 1.91. The maximum absolute atomic E-state index is 11.5. The lowest BCUT2D eigenvalue weighted by Gasteiger charge is -2.05. The number of nitrogens with zero attached hydrogens (tertiary/aromatic N) is 2. The monoisotopic (exact) mass is 216 g/mol. The Bertz CT molecular complexity index is 283. The van der Waals surface area contributed by atoms with Crippen molar-refractivity contribution in [2.24, 2.45) is 0 Å². The highest BCUT2D eigenvalue weighted by molar-refractivity contribution is 8.21. The van der Waals surface area contributed by atoms with Gasteiger partial charge in [-0.15, -0.1) is 28.6 Å². The Labute approximate surface area is 83.4 Å². The van der Waals surface area contributed by atoms with Gasteiger partial charge in [-0.2, -0.15) is 10.3 Å². The molecule has 0 radical (unpaired) electrons. The quantitative estimate of drug-likeness (QED) is 0.755. The van der Waals surface area contributed by atoms with Crippen molar-refractivity contribution in [1.82, 2.24) is 15.4 Å². The van der Waals surface area contributed by atoms with Gasteiger partial charge in [-0.05, 0) is 0 Å². The van der Waals surface area contributed by atoms with Gasteiger partial charge in [-0.3, -0.25) is 4.79 Å². The van der Waals surface area contributed by atoms with Crippen molar-refractivity contribution >= 4 is 35.2 Å². The molecule has 5 nitrogen and oxygen atoms in total. The number of H-pyrrole nitrogens is 1. The van der Waals surface area contributed by atoms with Crippen LogP contribution in [-0.2, 0) is 4.79 Å². The van der Waals surface area contributed by atoms with Crippen molar-refractivity contribution in [3.8, 4) is 0 Å². The van der Waals surface area contributed by atoms with Crippen LogP contribution in [0.1, 0.15) is 0 Å². The van der Waals surface area contributed by atoms with E-state index in [1.165, 1.54) is 6.20 Å². The number of rotatable bonds is 2. The Kier molecular flexibility index (Phi) is 2.74. The van der Waals surface area contributed by atoms with Gasteiger partial charge in [0, 0.05) is 11.5 Å². The van der Waals surface area contributed by atoms with E-state index in [2.05, 4.69) is 20.7 Å². The van der Waals surface area contributed by atoms with Crippen molar-refractivity contribution in [2.45, 2.75) is 4.58 Å². The second kappa shape index (κ2) is 4.01. The van der Waals surface area contributed by atoms with Gasteiger partial charge < -0.3 is 5.32 Å². The lowest BCUT2D eigenvalue weighted by Crippen LogP contribution is -2.20. The average Bonchev–Trinajstić information content (AvgIpc) is 2.74. The summed E-state index contributed by atoms with van der Waals surface area (Å²) in [6.45, 7) is 0. The van der Waals surface area contributed by atoms with Crippen LogP contribution in [0.4, 0.5) is 5.82 Å². The summed E-state index contributed by atoms with van der Waals surface area (Å²) in [7, 11) is 0. The predicted molar refractivity (Wildman–Crippen MR) is 53.7 cm³/mol. The molecule has 0 aliphatic carbocycles. The van der Waals surface area contributed by atoms with E-state index in [1.807, 2.05) is 0 Å². The van der Waals surface area contributed by atoms with E-state index in [9.17, 15) is 4.79 Å². The van der Waals surface area contributed by atoms with Gasteiger partial charge in [-0.25, -0.2) is 0 Å². The zero-order chi connectivity index (χ0) is 9.10. The number of anilines is 1. The minimum atomic E-state index is 0.00130. The van der Waals surface area contributed by atoms with Gasteiger partial charge in [0.05, 0.1) is 6.20 Å². The Morgan fingerprint density at radius 1 is 1.62 bits per heavy atom. The number of amides is 1. The molecule has 70 valence electrons. The Morgan fingerprint density at radius 2 is 2.38 bits per heavy atom. The molecule has 0 aromatic carbocycles. The summed E-state index contributed by atoms with van der Waals surface area (Å²) in [4.78, 5) is 11.5. The molecule has 1 aliphatic rings. The fourth-order valence-corrected chi connectivity index (χ4v) is 3.54. The van der Waals surface area contributed by atoms with Crippen LogP contribution in [0.25, 0.3) is 0 Å². The number of carbonyl (C=O) groups excluding carboxylic acids is 1. The molecular formula is C6H8N4OS2. The third-order valence-corrected chi connectivity index (χ3v) is 4.49. The number of hydrogen-bond donors (Lipinski definition) is 2. The third-order valence-electron chi connectivity index (χ3n) is 1.50. The fraction of sp³-hybridized carbons (Fsp3) is 0.500. The van der Waals surface area contributed by atoms with E-state index in [0.29, 0.717) is 5.82 Å². The molecule has 1 aliphatic heterocycles. The largest absolute Gasteiger partial charge is 0.306 e. The van der Waals surface area contributed by atoms with Crippen molar-refractivity contribution < 1.29 is 4.79 Å². The SMILES string of the molecule is O=C(Nc1cn[nH]n1)C1SCCS1. The first kappa shape index (κ1) is 8.89. The minimum absolute atomic E-state index is 0.00130. The fourth-order valence-electron chi connectivity index (χ4n) is 0.957. The molecule has 1 aromatic heterocycles. The number of aromatic nitrogens is 3. The molecule has 0 saturated carbocycles. The summed E-state index contributed by atoms with van der Waals surface area (Å²) in [6.07, 6.45) is 1.49. The smallest absolute Gasteiger partial charge is 0.248 e. The van der Waals surface area contributed by atoms with Gasteiger partial charge in [0.2, 0.25) is 5.91 Å². The van der Waals surface area contributed by atoms with Gasteiger partial charge in [0.25, 0.3) is 0 Å². The third kappa shape index (κ3) is 2.16. The molecule has 1 fully saturated rings. The first-order chi connectivity index (χ1) is 6.36. The van der Waals surface area contributed by atoms with Crippen LogP contribution in [0.15, 0.2) is 6.20 Å². The van der Waals surface area contributed by atoms with Crippen LogP contribution in [0, 0.1) is 0 Å². The zero-order valence-electron chi connectivity index (χ0n) is 6.69. The molecule has 2 heterocycles. The van der Waals surface area contributed by atoms with E-state index < -0.39 is 0 Å². The molecule has 2 N–H and O–H groups in total. The molecule has 2 rings (SSSR count). The van der Waals surface area contributed by atoms with Crippen LogP contribution >= 0.6 is 23.5 Å². The summed E-state index contributed by atoms with van der Waals surface area (Å²) < 4.78 is 0.0108. The van der Waals surface area contributed by atoms with Gasteiger partial charge >= 0.3 is 0 Å². The van der Waals surface area contributed by atoms with E-state index in [-0.39, 0.29) is 10.5 Å². The summed E-state index contributed by atoms with van der Waals surface area (Å²) >= 11 is 3.33. The van der Waals surface area contributed by atoms with E-state index in [1.54, 1.807) is 23.5 Å². The predicted octanol–water partition coefficient (Wildman–Crippen LogP) is 0.549. The number of thioether (sulfide) groups is 2. The van der Waals surface area contributed by atoms with Crippen molar-refractivity contribution in [3.63, 3.8) is 0 Å². The van der Waals surface area contributed by atoms with E-state index in [0.717, 1.165) is 11.5 Å². The molecule has 1 saturated heterocycles. The van der Waals surface area contributed by atoms with Gasteiger partial charge in [0.15, 0.2) is 5.82 Å². The topological polar surface area (TPSA) is 70.7 Å². The van der Waals surface area contributed by atoms with E-state index >= 15 is 0 Å². The lowest BCUT2D eigenvalue weighted by atomic mass is 10.6. The number of carbonyl (C=O) groups is 1. The van der Waals surface area contributed by atoms with Crippen molar-refractivity contribution in [2.75, 3.05) is 16.8 Å². The van der Waals surface area contributed by atoms with E-state index in [4.69, 9.17) is 0 Å². The second-order valence-electron chi connectivity index (χ2n) is 2.42. The number of hydrogen-bond acceptors (Lipinski definition) is 5. The van der Waals surface area contributed by atoms with Crippen LogP contribution < -0.4 is 5.32 Å². The van der Waals surface area contributed by atoms with Gasteiger partial charge in [-0.1, -0.05) is 0 Å². The van der Waals surface area contributed by atoms with Gasteiger partial charge in [0.1, 0.15) is 4.58 Å². The molecule has 0 bridgehead atoms. The maximum atomic E-state index is 11.5. The molecule has 0 spiro atoms. The summed E-state index contributed by atoms with van der Waals surface area (Å²) in [6, 6.07) is 0. The summed E-state index contributed by atoms with van der Waals surface area (Å²) in [5.74, 6) is 2.57. The standard InChI is InChI=1S/C6H8N4OS2/c11-5(6-12-1-2-13-6)8-4-3-7-10-9-4/h3,6H,1-2H2,(H2,7,8,9,10,11). The molecule has 0 atom stereocenters. The summed E-state index contributed by atoms with van der Waals surface area (Å²) in [5, 5.41) is 12.5. The highest BCUT2D eigenvalue weighted by atomic mass is 32.2. The zero-order valence-corrected chi connectivity index (χ0v) is 8.32. The number of aromatic amines is 1. The normalized spacial score (nSPS) is 17.5. The first-order valence-corrected chi connectivity index (χ1v) is 5.86. The second-order valence-corrected chi connectivity index (χ2v) is 5.14. The highest BCUT2D eigenvalue weighted by Gasteiger charge is 2.24. The lowest BCUT2D eigenvalue weighted by molar-refractivity contribution is -0.114. The molecule has 7 heteroatoms. The van der Waals surface area contributed by atoms with Crippen LogP contribution in [-0.4, -0.2) is 37.4 Å².